The lowest BCUT2D eigenvalue weighted by Crippen LogP contribution is -2.43. The molecule has 2 rings (SSSR count). The van der Waals surface area contributed by atoms with Crippen LogP contribution in [0.25, 0.3) is 0 Å². The highest BCUT2D eigenvalue weighted by molar-refractivity contribution is 7.89. The number of oxime groups is 1. The van der Waals surface area contributed by atoms with Gasteiger partial charge in [-0.15, -0.1) is 0 Å². The van der Waals surface area contributed by atoms with Gasteiger partial charge in [-0.1, -0.05) is 12.1 Å². The number of nitrogens with zero attached hydrogens (tertiary/aromatic N) is 1. The van der Waals surface area contributed by atoms with Crippen LogP contribution in [0.4, 0.5) is 13.2 Å². The molecular weight excluding hydrogens is 533 g/mol. The van der Waals surface area contributed by atoms with Crippen molar-refractivity contribution in [3.05, 3.63) is 46.7 Å². The maximum absolute atomic E-state index is 12.5. The fourth-order valence-corrected chi connectivity index (χ4v) is 4.62. The van der Waals surface area contributed by atoms with Crippen molar-refractivity contribution in [2.75, 3.05) is 13.2 Å². The highest BCUT2D eigenvalue weighted by Crippen LogP contribution is 2.19. The zero-order valence-electron chi connectivity index (χ0n) is 18.3. The number of hydrogen-bond donors (Lipinski definition) is 3. The molecule has 2 aromatic rings. The van der Waals surface area contributed by atoms with Crippen molar-refractivity contribution in [1.82, 2.24) is 4.72 Å². The van der Waals surface area contributed by atoms with Gasteiger partial charge in [-0.25, -0.2) is 27.8 Å². The third-order valence-corrected chi connectivity index (χ3v) is 6.30. The molecule has 0 amide bonds. The van der Waals surface area contributed by atoms with Crippen molar-refractivity contribution in [2.24, 2.45) is 16.6 Å². The van der Waals surface area contributed by atoms with E-state index in [1.54, 1.807) is 0 Å². The zero-order valence-corrected chi connectivity index (χ0v) is 19.9. The zero-order chi connectivity index (χ0) is 26.8. The molecule has 0 saturated heterocycles. The summed E-state index contributed by atoms with van der Waals surface area (Å²) in [6, 6.07) is 5.55. The van der Waals surface area contributed by atoms with Crippen LogP contribution in [-0.4, -0.2) is 51.7 Å². The second-order valence-corrected chi connectivity index (χ2v) is 9.30. The Hall–Kier alpha value is -3.57. The smallest absolute Gasteiger partial charge is 0.493 e. The van der Waals surface area contributed by atoms with Gasteiger partial charge in [0.15, 0.2) is 0 Å². The molecule has 1 aromatic heterocycles. The summed E-state index contributed by atoms with van der Waals surface area (Å²) in [7, 11) is -4.25. The summed E-state index contributed by atoms with van der Waals surface area (Å²) in [5, 5.41) is 6.10. The van der Waals surface area contributed by atoms with Crippen molar-refractivity contribution in [3.8, 4) is 5.75 Å². The van der Waals surface area contributed by atoms with Crippen LogP contribution in [0.5, 0.6) is 5.75 Å². The molecule has 1 aromatic carbocycles. The molecular formula is C19H21F3N4O8S2. The maximum Gasteiger partial charge on any atom is 0.495 e. The average Bonchev–Trinajstić information content (AvgIpc) is 3.35. The molecule has 0 aliphatic rings. The van der Waals surface area contributed by atoms with Gasteiger partial charge in [0.2, 0.25) is 16.0 Å². The number of guanidine groups is 1. The number of alkyl halides is 3. The molecule has 0 aliphatic heterocycles. The number of carbonyl (C=O) groups is 2. The topological polar surface area (TPSA) is 182 Å². The molecule has 0 spiro atoms. The first-order valence-corrected chi connectivity index (χ1v) is 12.3. The predicted molar refractivity (Wildman–Crippen MR) is 119 cm³/mol. The van der Waals surface area contributed by atoms with Crippen LogP contribution in [0.15, 0.2) is 51.1 Å². The number of carbonyl (C=O) groups excluding carboxylic acids is 2. The third-order valence-electron chi connectivity index (χ3n) is 4.00. The summed E-state index contributed by atoms with van der Waals surface area (Å²) in [4.78, 5) is 35.2. The molecule has 17 heteroatoms. The number of rotatable bonds is 12. The summed E-state index contributed by atoms with van der Waals surface area (Å²) >= 11 is 1.07. The molecule has 1 atom stereocenters. The van der Waals surface area contributed by atoms with E-state index in [2.05, 4.69) is 14.9 Å². The molecule has 36 heavy (non-hydrogen) atoms. The average molecular weight is 555 g/mol. The van der Waals surface area contributed by atoms with E-state index < -0.39 is 34.2 Å². The normalized spacial score (nSPS) is 12.3. The molecule has 198 valence electrons. The van der Waals surface area contributed by atoms with Gasteiger partial charge in [-0.05, 0) is 40.7 Å². The first-order chi connectivity index (χ1) is 16.9. The molecule has 0 radical (unpaired) electrons. The largest absolute Gasteiger partial charge is 0.495 e. The van der Waals surface area contributed by atoms with E-state index in [1.807, 2.05) is 4.72 Å². The minimum atomic E-state index is -5.42. The highest BCUT2D eigenvalue weighted by Gasteiger charge is 2.43. The quantitative estimate of drug-likeness (QED) is 0.113. The summed E-state index contributed by atoms with van der Waals surface area (Å²) in [5.41, 5.74) is 10.6. The first kappa shape index (κ1) is 28.7. The van der Waals surface area contributed by atoms with Crippen LogP contribution in [-0.2, 0) is 40.6 Å². The van der Waals surface area contributed by atoms with E-state index >= 15 is 0 Å². The van der Waals surface area contributed by atoms with E-state index in [0.29, 0.717) is 17.7 Å². The standard InChI is InChI=1S/C19H21F3N4O8S2/c20-19(21,22)17(28)34-33-16(27)15(26-36(29,30)14-6-9-35-11-14)10-12-2-4-13(5-3-12)31-7-1-8-32-25-18(23)24/h2-6,9,11,15,26H,1,7-8,10H2,(H4,23,24,25)/t15-/m0/s1. The second-order valence-electron chi connectivity index (χ2n) is 6.80. The Kier molecular flexibility index (Phi) is 10.3. The molecule has 0 unspecified atom stereocenters. The van der Waals surface area contributed by atoms with Gasteiger partial charge in [-0.3, -0.25) is 0 Å². The van der Waals surface area contributed by atoms with Gasteiger partial charge in [0.05, 0.1) is 11.5 Å². The summed E-state index contributed by atoms with van der Waals surface area (Å²) in [5.74, 6) is -4.13. The van der Waals surface area contributed by atoms with E-state index in [4.69, 9.17) is 21.0 Å². The van der Waals surface area contributed by atoms with Gasteiger partial charge < -0.3 is 21.0 Å². The summed E-state index contributed by atoms with van der Waals surface area (Å²) < 4.78 is 69.5. The number of hydrogen-bond acceptors (Lipinski definition) is 10. The lowest BCUT2D eigenvalue weighted by Gasteiger charge is -2.17. The molecule has 0 bridgehead atoms. The molecule has 0 aliphatic carbocycles. The van der Waals surface area contributed by atoms with E-state index in [-0.39, 0.29) is 30.5 Å². The Labute approximate surface area is 206 Å². The number of sulfonamides is 1. The van der Waals surface area contributed by atoms with Crippen LogP contribution in [0.2, 0.25) is 0 Å². The number of halogens is 3. The minimum absolute atomic E-state index is 0.176. The van der Waals surface area contributed by atoms with E-state index in [9.17, 15) is 31.2 Å². The SMILES string of the molecule is NC(N)=NOCCCOc1ccc(C[C@H](NS(=O)(=O)c2ccsc2)C(=O)OOC(=O)C(F)(F)F)cc1. The van der Waals surface area contributed by atoms with Crippen LogP contribution in [0.1, 0.15) is 12.0 Å². The van der Waals surface area contributed by atoms with E-state index in [1.165, 1.54) is 41.1 Å². The van der Waals surface area contributed by atoms with E-state index in [0.717, 1.165) is 11.3 Å². The second kappa shape index (κ2) is 12.9. The molecule has 1 heterocycles. The number of nitrogens with two attached hydrogens (primary N) is 2. The molecule has 5 N–H and O–H groups in total. The highest BCUT2D eigenvalue weighted by atomic mass is 32.2. The monoisotopic (exact) mass is 554 g/mol. The van der Waals surface area contributed by atoms with Gasteiger partial charge >= 0.3 is 18.1 Å². The Balaban J connectivity index is 2.03. The lowest BCUT2D eigenvalue weighted by molar-refractivity contribution is -0.286. The van der Waals surface area contributed by atoms with Crippen LogP contribution in [0, 0.1) is 0 Å². The summed E-state index contributed by atoms with van der Waals surface area (Å²) in [6.45, 7) is 0.447. The van der Waals surface area contributed by atoms with Crippen molar-refractivity contribution in [1.29, 1.82) is 0 Å². The van der Waals surface area contributed by atoms with Crippen molar-refractivity contribution in [3.63, 3.8) is 0 Å². The van der Waals surface area contributed by atoms with Gasteiger partial charge in [0.1, 0.15) is 18.4 Å². The lowest BCUT2D eigenvalue weighted by atomic mass is 10.1. The Morgan fingerprint density at radius 1 is 1.08 bits per heavy atom. The van der Waals surface area contributed by atoms with Crippen molar-refractivity contribution >= 4 is 39.3 Å². The molecule has 0 saturated carbocycles. The first-order valence-electron chi connectivity index (χ1n) is 9.85. The predicted octanol–water partition coefficient (Wildman–Crippen LogP) is 1.18. The number of thiophene rings is 1. The number of benzene rings is 1. The molecule has 12 nitrogen and oxygen atoms in total. The fraction of sp³-hybridized carbons (Fsp3) is 0.316. The summed E-state index contributed by atoms with van der Waals surface area (Å²) in [6.07, 6.45) is -5.31. The number of ether oxygens (including phenoxy) is 1. The number of nitrogens with one attached hydrogen (secondary N) is 1. The Morgan fingerprint density at radius 2 is 1.78 bits per heavy atom. The Bertz CT molecular complexity index is 1140. The van der Waals surface area contributed by atoms with Gasteiger partial charge in [-0.2, -0.15) is 29.2 Å². The molecule has 0 fully saturated rings. The van der Waals surface area contributed by atoms with Crippen LogP contribution < -0.4 is 20.9 Å². The third kappa shape index (κ3) is 9.59. The maximum atomic E-state index is 12.5. The minimum Gasteiger partial charge on any atom is -0.493 e. The van der Waals surface area contributed by atoms with Gasteiger partial charge in [0.25, 0.3) is 0 Å². The fourth-order valence-electron chi connectivity index (χ4n) is 2.41. The van der Waals surface area contributed by atoms with Crippen LogP contribution >= 0.6 is 11.3 Å². The van der Waals surface area contributed by atoms with Crippen molar-refractivity contribution in [2.45, 2.75) is 30.0 Å². The Morgan fingerprint density at radius 3 is 2.36 bits per heavy atom. The van der Waals surface area contributed by atoms with Gasteiger partial charge in [0, 0.05) is 11.8 Å². The van der Waals surface area contributed by atoms with Crippen molar-refractivity contribution < 1.29 is 50.5 Å². The van der Waals surface area contributed by atoms with Crippen LogP contribution in [0.3, 0.4) is 0 Å².